The molecule has 0 spiro atoms. The van der Waals surface area contributed by atoms with Crippen molar-refractivity contribution in [1.29, 1.82) is 0 Å². The number of Topliss-reactive ketones (excluding diaryl/α,β-unsaturated/α-hetero) is 1. The van der Waals surface area contributed by atoms with Crippen molar-refractivity contribution in [1.82, 2.24) is 15.5 Å². The summed E-state index contributed by atoms with van der Waals surface area (Å²) in [7, 11) is 0. The molecule has 40 heavy (non-hydrogen) atoms. The molecule has 2 aromatic carbocycles. The minimum Gasteiger partial charge on any atom is -0.481 e. The van der Waals surface area contributed by atoms with Gasteiger partial charge in [-0.2, -0.15) is 0 Å². The molecule has 2 aliphatic rings. The first-order chi connectivity index (χ1) is 19.2. The number of carbonyl (C=O) groups is 4. The summed E-state index contributed by atoms with van der Waals surface area (Å²) < 4.78 is 10.7. The molecule has 0 bridgehead atoms. The van der Waals surface area contributed by atoms with Crippen molar-refractivity contribution in [2.75, 3.05) is 19.9 Å². The quantitative estimate of drug-likeness (QED) is 0.385. The summed E-state index contributed by atoms with van der Waals surface area (Å²) in [6.07, 6.45) is 2.69. The molecule has 2 atom stereocenters. The molecule has 3 amide bonds. The third-order valence-corrected chi connectivity index (χ3v) is 7.86. The van der Waals surface area contributed by atoms with Gasteiger partial charge in [0.05, 0.1) is 17.9 Å². The molecule has 10 heteroatoms. The van der Waals surface area contributed by atoms with E-state index in [1.807, 2.05) is 37.3 Å². The maximum Gasteiger partial charge on any atom is 0.315 e. The third-order valence-electron chi connectivity index (χ3n) is 7.86. The number of piperidine rings is 1. The summed E-state index contributed by atoms with van der Waals surface area (Å²) in [6.45, 7) is 4.49. The number of nitrogens with zero attached hydrogens (tertiary/aromatic N) is 1. The summed E-state index contributed by atoms with van der Waals surface area (Å²) >= 11 is 0. The number of carboxylic acid groups (broad SMARTS) is 1. The van der Waals surface area contributed by atoms with E-state index in [0.29, 0.717) is 49.4 Å². The minimum absolute atomic E-state index is 0.0763. The number of unbranched alkanes of at least 4 members (excludes halogenated alkanes) is 1. The van der Waals surface area contributed by atoms with Gasteiger partial charge in [0.2, 0.25) is 12.7 Å². The van der Waals surface area contributed by atoms with Crippen molar-refractivity contribution in [2.45, 2.75) is 69.9 Å². The fraction of sp³-hybridized carbons (Fsp3) is 0.467. The van der Waals surface area contributed by atoms with E-state index in [1.165, 1.54) is 0 Å². The molecular weight excluding hydrogens is 514 g/mol. The van der Waals surface area contributed by atoms with Crippen LogP contribution >= 0.6 is 0 Å². The van der Waals surface area contributed by atoms with Gasteiger partial charge < -0.3 is 30.1 Å². The number of ketones is 1. The van der Waals surface area contributed by atoms with Gasteiger partial charge in [0.1, 0.15) is 11.8 Å². The molecule has 2 aliphatic heterocycles. The maximum atomic E-state index is 13.6. The highest BCUT2D eigenvalue weighted by Crippen LogP contribution is 2.37. The molecule has 4 rings (SSSR count). The molecule has 0 unspecified atom stereocenters. The van der Waals surface area contributed by atoms with Gasteiger partial charge in [-0.15, -0.1) is 0 Å². The highest BCUT2D eigenvalue weighted by molar-refractivity contribution is 5.90. The number of carbonyl (C=O) groups excluding carboxylic acids is 3. The number of amides is 3. The lowest BCUT2D eigenvalue weighted by Crippen LogP contribution is -2.55. The minimum atomic E-state index is -1.08. The van der Waals surface area contributed by atoms with Crippen LogP contribution < -0.4 is 20.1 Å². The van der Waals surface area contributed by atoms with Crippen LogP contribution in [0.2, 0.25) is 0 Å². The Hall–Kier alpha value is -4.08. The number of aliphatic carboxylic acids is 1. The van der Waals surface area contributed by atoms with E-state index >= 15 is 0 Å². The van der Waals surface area contributed by atoms with Crippen molar-refractivity contribution < 1.29 is 33.8 Å². The number of likely N-dealkylation sites (tertiary alicyclic amines) is 1. The highest BCUT2D eigenvalue weighted by Gasteiger charge is 2.42. The van der Waals surface area contributed by atoms with Gasteiger partial charge >= 0.3 is 12.0 Å². The summed E-state index contributed by atoms with van der Waals surface area (Å²) in [5.74, 6) is -0.170. The zero-order valence-electron chi connectivity index (χ0n) is 23.0. The summed E-state index contributed by atoms with van der Waals surface area (Å²) in [5.41, 5.74) is 0.884. The Bertz CT molecular complexity index is 1230. The molecular formula is C30H37N3O7. The number of ether oxygens (including phenoxy) is 2. The van der Waals surface area contributed by atoms with E-state index in [2.05, 4.69) is 10.6 Å². The van der Waals surface area contributed by atoms with Crippen LogP contribution in [-0.2, 0) is 19.8 Å². The summed E-state index contributed by atoms with van der Waals surface area (Å²) in [4.78, 5) is 52.7. The van der Waals surface area contributed by atoms with Crippen LogP contribution in [-0.4, -0.2) is 59.6 Å². The Labute approximate surface area is 234 Å². The molecule has 2 heterocycles. The number of benzene rings is 2. The van der Waals surface area contributed by atoms with Crippen LogP contribution in [0.5, 0.6) is 11.5 Å². The van der Waals surface area contributed by atoms with Crippen LogP contribution in [0, 0.1) is 0 Å². The van der Waals surface area contributed by atoms with Crippen LogP contribution in [0.15, 0.2) is 48.5 Å². The molecule has 1 fully saturated rings. The van der Waals surface area contributed by atoms with Gasteiger partial charge in [-0.25, -0.2) is 4.79 Å². The summed E-state index contributed by atoms with van der Waals surface area (Å²) in [5, 5.41) is 15.0. The molecule has 1 saturated heterocycles. The lowest BCUT2D eigenvalue weighted by molar-refractivity contribution is -0.138. The van der Waals surface area contributed by atoms with E-state index in [9.17, 15) is 24.3 Å². The van der Waals surface area contributed by atoms with Crippen molar-refractivity contribution >= 4 is 23.7 Å². The Morgan fingerprint density at radius 3 is 2.35 bits per heavy atom. The van der Waals surface area contributed by atoms with Crippen molar-refractivity contribution in [3.05, 3.63) is 59.7 Å². The predicted molar refractivity (Wildman–Crippen MR) is 147 cm³/mol. The molecule has 10 nitrogen and oxygen atoms in total. The Morgan fingerprint density at radius 1 is 1.00 bits per heavy atom. The summed E-state index contributed by atoms with van der Waals surface area (Å²) in [6, 6.07) is 12.4. The number of carboxylic acids is 1. The van der Waals surface area contributed by atoms with Gasteiger partial charge in [0.25, 0.3) is 0 Å². The SMILES string of the molecule is CCCC[C@H](NC(=O)N[C@@H](CC(=O)O)c1ccc2c(c1)OCO2)C(=O)N1CCC(C(C)=O)(c2ccccc2)CC1. The zero-order chi connectivity index (χ0) is 28.7. The molecule has 214 valence electrons. The second kappa shape index (κ2) is 12.8. The van der Waals surface area contributed by atoms with E-state index < -0.39 is 29.5 Å². The van der Waals surface area contributed by atoms with Gasteiger partial charge in [-0.1, -0.05) is 56.2 Å². The fourth-order valence-electron chi connectivity index (χ4n) is 5.51. The monoisotopic (exact) mass is 551 g/mol. The average molecular weight is 552 g/mol. The largest absolute Gasteiger partial charge is 0.481 e. The second-order valence-electron chi connectivity index (χ2n) is 10.4. The standard InChI is InChI=1S/C30H37N3O7/c1-3-4-10-23(28(37)33-15-13-30(14-16-33,20(2)34)22-8-6-5-7-9-22)31-29(38)32-24(18-27(35)36)21-11-12-25-26(17-21)40-19-39-25/h5-9,11-12,17,23-24H,3-4,10,13-16,18-19H2,1-2H3,(H,35,36)(H2,31,32,38)/t23-,24-/m0/s1. The lowest BCUT2D eigenvalue weighted by Gasteiger charge is -2.41. The average Bonchev–Trinajstić information content (AvgIpc) is 3.43. The van der Waals surface area contributed by atoms with Crippen LogP contribution in [0.25, 0.3) is 0 Å². The van der Waals surface area contributed by atoms with Gasteiger partial charge in [0.15, 0.2) is 11.5 Å². The van der Waals surface area contributed by atoms with Crippen LogP contribution in [0.3, 0.4) is 0 Å². The Balaban J connectivity index is 1.44. The smallest absolute Gasteiger partial charge is 0.315 e. The van der Waals surface area contributed by atoms with E-state index in [1.54, 1.807) is 30.0 Å². The number of hydrogen-bond donors (Lipinski definition) is 3. The van der Waals surface area contributed by atoms with Crippen LogP contribution in [0.1, 0.15) is 69.5 Å². The fourth-order valence-corrected chi connectivity index (χ4v) is 5.51. The third kappa shape index (κ3) is 6.55. The zero-order valence-corrected chi connectivity index (χ0v) is 23.0. The highest BCUT2D eigenvalue weighted by atomic mass is 16.7. The number of urea groups is 1. The van der Waals surface area contributed by atoms with Crippen LogP contribution in [0.4, 0.5) is 4.79 Å². The van der Waals surface area contributed by atoms with E-state index in [0.717, 1.165) is 18.4 Å². The number of hydrogen-bond acceptors (Lipinski definition) is 6. The van der Waals surface area contributed by atoms with Gasteiger partial charge in [0, 0.05) is 13.1 Å². The topological polar surface area (TPSA) is 134 Å². The number of fused-ring (bicyclic) bond motifs is 1. The van der Waals surface area contributed by atoms with Crippen molar-refractivity contribution in [3.8, 4) is 11.5 Å². The number of nitrogens with one attached hydrogen (secondary N) is 2. The first-order valence-electron chi connectivity index (χ1n) is 13.8. The first kappa shape index (κ1) is 28.9. The van der Waals surface area contributed by atoms with Crippen molar-refractivity contribution in [2.24, 2.45) is 0 Å². The lowest BCUT2D eigenvalue weighted by atomic mass is 9.70. The molecule has 2 aromatic rings. The predicted octanol–water partition coefficient (Wildman–Crippen LogP) is 3.94. The Morgan fingerprint density at radius 2 is 1.70 bits per heavy atom. The molecule has 3 N–H and O–H groups in total. The van der Waals surface area contributed by atoms with E-state index in [4.69, 9.17) is 9.47 Å². The normalized spacial score (nSPS) is 17.0. The molecule has 0 radical (unpaired) electrons. The number of rotatable bonds is 11. The molecule has 0 saturated carbocycles. The Kier molecular flexibility index (Phi) is 9.29. The van der Waals surface area contributed by atoms with E-state index in [-0.39, 0.29) is 24.9 Å². The molecule has 0 aromatic heterocycles. The first-order valence-corrected chi connectivity index (χ1v) is 13.8. The van der Waals surface area contributed by atoms with Gasteiger partial charge in [-0.3, -0.25) is 14.4 Å². The van der Waals surface area contributed by atoms with Crippen molar-refractivity contribution in [3.63, 3.8) is 0 Å². The molecule has 0 aliphatic carbocycles. The second-order valence-corrected chi connectivity index (χ2v) is 10.4. The maximum absolute atomic E-state index is 13.6. The van der Waals surface area contributed by atoms with Gasteiger partial charge in [-0.05, 0) is 49.4 Å².